The number of aryl methyl sites for hydroxylation is 1. The molecule has 2 atom stereocenters. The number of hydrogen-bond acceptors (Lipinski definition) is 5. The molecular formula is C26H26N2O3. The Morgan fingerprint density at radius 2 is 1.74 bits per heavy atom. The van der Waals surface area contributed by atoms with Gasteiger partial charge in [-0.1, -0.05) is 49.4 Å². The Kier molecular flexibility index (Phi) is 5.02. The monoisotopic (exact) mass is 414 g/mol. The molecule has 2 aliphatic heterocycles. The highest BCUT2D eigenvalue weighted by Crippen LogP contribution is 2.47. The minimum Gasteiger partial charge on any atom is -0.493 e. The second-order valence-corrected chi connectivity index (χ2v) is 7.82. The van der Waals surface area contributed by atoms with Gasteiger partial charge < -0.3 is 14.2 Å². The fourth-order valence-corrected chi connectivity index (χ4v) is 4.36. The molecule has 3 aromatic carbocycles. The van der Waals surface area contributed by atoms with Crippen LogP contribution in [0.3, 0.4) is 0 Å². The largest absolute Gasteiger partial charge is 0.493 e. The van der Waals surface area contributed by atoms with E-state index in [1.807, 2.05) is 24.3 Å². The van der Waals surface area contributed by atoms with Crippen LogP contribution < -0.4 is 14.2 Å². The lowest BCUT2D eigenvalue weighted by molar-refractivity contribution is -0.0190. The van der Waals surface area contributed by atoms with E-state index in [-0.39, 0.29) is 12.3 Å². The number of rotatable bonds is 5. The van der Waals surface area contributed by atoms with Gasteiger partial charge in [0.1, 0.15) is 5.75 Å². The summed E-state index contributed by atoms with van der Waals surface area (Å²) >= 11 is 0. The Bertz CT molecular complexity index is 1120. The van der Waals surface area contributed by atoms with Crippen LogP contribution in [0.4, 0.5) is 0 Å². The zero-order chi connectivity index (χ0) is 21.4. The Morgan fingerprint density at radius 1 is 0.968 bits per heavy atom. The molecule has 0 spiro atoms. The number of hydrogen-bond donors (Lipinski definition) is 0. The van der Waals surface area contributed by atoms with E-state index in [2.05, 4.69) is 54.4 Å². The summed E-state index contributed by atoms with van der Waals surface area (Å²) in [6.45, 7) is 2.17. The highest BCUT2D eigenvalue weighted by atomic mass is 16.5. The molecule has 0 fully saturated rings. The van der Waals surface area contributed by atoms with Crippen LogP contribution in [-0.4, -0.2) is 24.9 Å². The summed E-state index contributed by atoms with van der Waals surface area (Å²) in [6.07, 6.45) is 1.56. The van der Waals surface area contributed by atoms with Crippen LogP contribution in [0.2, 0.25) is 0 Å². The third-order valence-corrected chi connectivity index (χ3v) is 6.09. The van der Waals surface area contributed by atoms with Gasteiger partial charge in [0.25, 0.3) is 0 Å². The zero-order valence-electron chi connectivity index (χ0n) is 18.0. The van der Waals surface area contributed by atoms with Gasteiger partial charge in [-0.3, -0.25) is 0 Å². The normalized spacial score (nSPS) is 19.2. The first-order valence-electron chi connectivity index (χ1n) is 10.6. The van der Waals surface area contributed by atoms with Gasteiger partial charge in [0.15, 0.2) is 11.5 Å². The number of para-hydroxylation sites is 1. The summed E-state index contributed by atoms with van der Waals surface area (Å²) in [5.74, 6) is 2.35. The van der Waals surface area contributed by atoms with E-state index in [9.17, 15) is 0 Å². The molecule has 31 heavy (non-hydrogen) atoms. The van der Waals surface area contributed by atoms with Crippen LogP contribution >= 0.6 is 0 Å². The number of ether oxygens (including phenoxy) is 3. The first-order chi connectivity index (χ1) is 15.2. The first-order valence-corrected chi connectivity index (χ1v) is 10.6. The molecule has 2 heterocycles. The Balaban J connectivity index is 1.55. The van der Waals surface area contributed by atoms with Crippen molar-refractivity contribution in [3.63, 3.8) is 0 Å². The van der Waals surface area contributed by atoms with Crippen molar-refractivity contribution in [3.8, 4) is 17.2 Å². The van der Waals surface area contributed by atoms with Crippen LogP contribution in [0.15, 0.2) is 71.8 Å². The topological polar surface area (TPSA) is 43.3 Å². The van der Waals surface area contributed by atoms with Crippen molar-refractivity contribution in [1.29, 1.82) is 0 Å². The standard InChI is InChI=1S/C26H26N2O3/c1-4-17-9-11-18(12-10-17)26-28-22(20-7-5-6-8-23(20)31-26)16-21(27-28)19-13-14-24(29-2)25(15-19)30-3/h5-15,22,26H,4,16H2,1-3H3. The summed E-state index contributed by atoms with van der Waals surface area (Å²) in [5.41, 5.74) is 5.63. The van der Waals surface area contributed by atoms with Crippen LogP contribution in [0.1, 0.15) is 47.9 Å². The Morgan fingerprint density at radius 3 is 2.48 bits per heavy atom. The fraction of sp³-hybridized carbons (Fsp3) is 0.269. The number of hydrazone groups is 1. The number of nitrogens with zero attached hydrogens (tertiary/aromatic N) is 2. The van der Waals surface area contributed by atoms with E-state index in [0.29, 0.717) is 11.5 Å². The van der Waals surface area contributed by atoms with Crippen molar-refractivity contribution in [2.45, 2.75) is 32.0 Å². The smallest absolute Gasteiger partial charge is 0.213 e. The van der Waals surface area contributed by atoms with Crippen molar-refractivity contribution in [2.75, 3.05) is 14.2 Å². The average molecular weight is 415 g/mol. The minimum absolute atomic E-state index is 0.129. The van der Waals surface area contributed by atoms with Crippen molar-refractivity contribution >= 4 is 5.71 Å². The SMILES string of the molecule is CCc1ccc(C2Oc3ccccc3C3CC(c4ccc(OC)c(OC)c4)=NN32)cc1. The number of benzene rings is 3. The quantitative estimate of drug-likeness (QED) is 0.552. The van der Waals surface area contributed by atoms with Gasteiger partial charge in [0.2, 0.25) is 6.23 Å². The molecule has 0 radical (unpaired) electrons. The lowest BCUT2D eigenvalue weighted by atomic mass is 9.95. The minimum atomic E-state index is -0.261. The Hall–Kier alpha value is -3.47. The maximum absolute atomic E-state index is 6.45. The summed E-state index contributed by atoms with van der Waals surface area (Å²) in [6, 6.07) is 23.0. The van der Waals surface area contributed by atoms with E-state index in [1.54, 1.807) is 14.2 Å². The third kappa shape index (κ3) is 3.40. The summed E-state index contributed by atoms with van der Waals surface area (Å²) in [7, 11) is 3.30. The lowest BCUT2D eigenvalue weighted by Crippen LogP contribution is -2.33. The van der Waals surface area contributed by atoms with Crippen LogP contribution in [0.25, 0.3) is 0 Å². The number of fused-ring (bicyclic) bond motifs is 3. The van der Waals surface area contributed by atoms with Gasteiger partial charge in [0.05, 0.1) is 26.0 Å². The highest BCUT2D eigenvalue weighted by molar-refractivity contribution is 6.02. The molecular weight excluding hydrogens is 388 g/mol. The van der Waals surface area contributed by atoms with Gasteiger partial charge in [-0.05, 0) is 36.2 Å². The van der Waals surface area contributed by atoms with Crippen LogP contribution in [0.5, 0.6) is 17.2 Å². The van der Waals surface area contributed by atoms with Gasteiger partial charge >= 0.3 is 0 Å². The van der Waals surface area contributed by atoms with Crippen LogP contribution in [-0.2, 0) is 6.42 Å². The lowest BCUT2D eigenvalue weighted by Gasteiger charge is -2.38. The van der Waals surface area contributed by atoms with E-state index in [4.69, 9.17) is 19.3 Å². The maximum Gasteiger partial charge on any atom is 0.213 e. The Labute approximate surface area is 182 Å². The molecule has 5 rings (SSSR count). The summed E-state index contributed by atoms with van der Waals surface area (Å²) < 4.78 is 17.3. The highest BCUT2D eigenvalue weighted by Gasteiger charge is 2.40. The van der Waals surface area contributed by atoms with E-state index in [0.717, 1.165) is 35.4 Å². The van der Waals surface area contributed by atoms with Gasteiger partial charge in [-0.2, -0.15) is 5.10 Å². The molecule has 5 heteroatoms. The molecule has 0 N–H and O–H groups in total. The van der Waals surface area contributed by atoms with E-state index in [1.165, 1.54) is 11.1 Å². The third-order valence-electron chi connectivity index (χ3n) is 6.09. The molecule has 0 aromatic heterocycles. The maximum atomic E-state index is 6.45. The summed E-state index contributed by atoms with van der Waals surface area (Å²) in [5, 5.41) is 7.15. The molecule has 0 aliphatic carbocycles. The molecule has 3 aromatic rings. The fourth-order valence-electron chi connectivity index (χ4n) is 4.36. The van der Waals surface area contributed by atoms with Gasteiger partial charge in [0, 0.05) is 23.1 Å². The molecule has 0 saturated carbocycles. The summed E-state index contributed by atoms with van der Waals surface area (Å²) in [4.78, 5) is 0. The molecule has 2 unspecified atom stereocenters. The molecule has 2 aliphatic rings. The van der Waals surface area contributed by atoms with Crippen molar-refractivity contribution in [3.05, 3.63) is 89.0 Å². The first kappa shape index (κ1) is 19.5. The number of methoxy groups -OCH3 is 2. The van der Waals surface area contributed by atoms with Crippen LogP contribution in [0, 0.1) is 0 Å². The van der Waals surface area contributed by atoms with Gasteiger partial charge in [-0.25, -0.2) is 5.01 Å². The van der Waals surface area contributed by atoms with Gasteiger partial charge in [-0.15, -0.1) is 0 Å². The molecule has 0 saturated heterocycles. The second-order valence-electron chi connectivity index (χ2n) is 7.82. The predicted octanol–water partition coefficient (Wildman–Crippen LogP) is 5.51. The predicted molar refractivity (Wildman–Crippen MR) is 121 cm³/mol. The second kappa shape index (κ2) is 7.99. The molecule has 5 nitrogen and oxygen atoms in total. The van der Waals surface area contributed by atoms with Crippen molar-refractivity contribution < 1.29 is 14.2 Å². The zero-order valence-corrected chi connectivity index (χ0v) is 18.0. The molecule has 158 valence electrons. The van der Waals surface area contributed by atoms with Crippen molar-refractivity contribution in [2.24, 2.45) is 5.10 Å². The van der Waals surface area contributed by atoms with E-state index < -0.39 is 0 Å². The van der Waals surface area contributed by atoms with Crippen molar-refractivity contribution in [1.82, 2.24) is 5.01 Å². The average Bonchev–Trinajstić information content (AvgIpc) is 3.29. The molecule has 0 bridgehead atoms. The molecule has 0 amide bonds. The van der Waals surface area contributed by atoms with E-state index >= 15 is 0 Å².